The average molecular weight is 665 g/mol. The van der Waals surface area contributed by atoms with Gasteiger partial charge in [0.25, 0.3) is 0 Å². The maximum atomic E-state index is 11.8. The Labute approximate surface area is 281 Å². The van der Waals surface area contributed by atoms with Gasteiger partial charge in [-0.2, -0.15) is 14.6 Å². The van der Waals surface area contributed by atoms with E-state index in [1.165, 1.54) is 19.4 Å². The summed E-state index contributed by atoms with van der Waals surface area (Å²) in [5.41, 5.74) is 3.86. The largest absolute Gasteiger partial charge is 0.480 e. The van der Waals surface area contributed by atoms with Crippen molar-refractivity contribution in [2.24, 2.45) is 0 Å². The number of benzene rings is 1. The van der Waals surface area contributed by atoms with Crippen LogP contribution in [0, 0.1) is 25.7 Å². The van der Waals surface area contributed by atoms with Crippen LogP contribution in [0.25, 0.3) is 16.9 Å². The van der Waals surface area contributed by atoms with Crippen LogP contribution in [0.3, 0.4) is 0 Å². The third kappa shape index (κ3) is 13.3. The van der Waals surface area contributed by atoms with Crippen LogP contribution in [0.1, 0.15) is 15.9 Å². The zero-order chi connectivity index (χ0) is 35.7. The zero-order valence-electron chi connectivity index (χ0n) is 28.2. The molecule has 0 saturated carbocycles. The summed E-state index contributed by atoms with van der Waals surface area (Å²) >= 11 is 0. The van der Waals surface area contributed by atoms with Crippen molar-refractivity contribution in [3.63, 3.8) is 0 Å². The molecule has 1 amide bonds. The molecule has 1 aliphatic heterocycles. The van der Waals surface area contributed by atoms with E-state index in [0.717, 1.165) is 47.7 Å². The van der Waals surface area contributed by atoms with Gasteiger partial charge in [-0.25, -0.2) is 14.6 Å². The minimum absolute atomic E-state index is 0.124. The van der Waals surface area contributed by atoms with E-state index in [0.29, 0.717) is 31.1 Å². The second-order valence-electron chi connectivity index (χ2n) is 9.57. The molecule has 14 heteroatoms. The summed E-state index contributed by atoms with van der Waals surface area (Å²) in [6.45, 7) is 4.67. The summed E-state index contributed by atoms with van der Waals surface area (Å²) < 4.78 is 23.6. The lowest BCUT2D eigenvalue weighted by Crippen LogP contribution is -2.33. The number of carbonyl (C=O) groups excluding carboxylic acids is 2. The SMILES string of the molecule is C#C.CNC.CNc1c(C)c(-c2cnc(OC)c(C=O)c2)nn1-c1ccccc1.COCCN1C[C@@H](NC=O)CO1.Fc1ccccn1. The highest BCUT2D eigenvalue weighted by atomic mass is 19.1. The number of nitrogens with one attached hydrogen (secondary N) is 3. The standard InChI is InChI=1S/C18H18N4O2.C7H14N2O3.C5H4FN.C2H7N.C2H2/c1-12-16(13-9-14(11-23)18(24-3)20-10-13)21-22(17(12)19-2)15-7-5-4-6-8-15;1-11-3-2-9-4-7(5-12-9)8-6-10;6-5-3-1-2-4-7-5;1-3-2;1-2/h4-11,19H,1-3H3;6-7H,2-5H2,1H3,(H,8,10);1-4H;3H,1-2H3;1-2H/t;7-;;;/m.1.../s1. The van der Waals surface area contributed by atoms with Gasteiger partial charge in [-0.3, -0.25) is 14.4 Å². The number of ether oxygens (including phenoxy) is 2. The van der Waals surface area contributed by atoms with Crippen molar-refractivity contribution < 1.29 is 28.3 Å². The van der Waals surface area contributed by atoms with Gasteiger partial charge in [-0.15, -0.1) is 12.8 Å². The van der Waals surface area contributed by atoms with Crippen molar-refractivity contribution in [1.82, 2.24) is 35.4 Å². The topological polar surface area (TPSA) is 145 Å². The Morgan fingerprint density at radius 2 is 1.75 bits per heavy atom. The summed E-state index contributed by atoms with van der Waals surface area (Å²) in [7, 11) is 8.75. The fraction of sp³-hybridized carbons (Fsp3) is 0.324. The Bertz CT molecular complexity index is 1490. The number of methoxy groups -OCH3 is 2. The number of hydroxylamine groups is 2. The smallest absolute Gasteiger partial charge is 0.223 e. The number of anilines is 1. The maximum absolute atomic E-state index is 11.8. The molecular weight excluding hydrogens is 619 g/mol. The van der Waals surface area contributed by atoms with E-state index >= 15 is 0 Å². The minimum Gasteiger partial charge on any atom is -0.480 e. The van der Waals surface area contributed by atoms with Gasteiger partial charge in [0.1, 0.15) is 5.82 Å². The van der Waals surface area contributed by atoms with Gasteiger partial charge in [-0.05, 0) is 51.4 Å². The molecule has 3 aromatic heterocycles. The van der Waals surface area contributed by atoms with E-state index in [9.17, 15) is 14.0 Å². The second-order valence-corrected chi connectivity index (χ2v) is 9.57. The zero-order valence-corrected chi connectivity index (χ0v) is 28.2. The molecule has 1 saturated heterocycles. The van der Waals surface area contributed by atoms with Crippen molar-refractivity contribution in [2.75, 3.05) is 67.0 Å². The second kappa shape index (κ2) is 24.0. The molecule has 1 atom stereocenters. The molecule has 1 fully saturated rings. The number of halogens is 1. The number of terminal acetylenes is 1. The minimum atomic E-state index is -0.428. The molecule has 5 rings (SSSR count). The Morgan fingerprint density at radius 1 is 1.06 bits per heavy atom. The molecule has 3 N–H and O–H groups in total. The number of aromatic nitrogens is 4. The Hall–Kier alpha value is -5.20. The molecule has 48 heavy (non-hydrogen) atoms. The van der Waals surface area contributed by atoms with Gasteiger partial charge in [0, 0.05) is 50.8 Å². The summed E-state index contributed by atoms with van der Waals surface area (Å²) in [4.78, 5) is 34.1. The van der Waals surface area contributed by atoms with Crippen molar-refractivity contribution in [3.05, 3.63) is 84.1 Å². The molecule has 4 aromatic rings. The molecular formula is C34H45FN8O5. The lowest BCUT2D eigenvalue weighted by atomic mass is 10.1. The molecule has 13 nitrogen and oxygen atoms in total. The highest BCUT2D eigenvalue weighted by molar-refractivity contribution is 5.82. The van der Waals surface area contributed by atoms with Crippen LogP contribution in [0.4, 0.5) is 10.2 Å². The van der Waals surface area contributed by atoms with E-state index in [2.05, 4.69) is 38.8 Å². The number of hydrogen-bond acceptors (Lipinski definition) is 11. The van der Waals surface area contributed by atoms with Crippen LogP contribution in [-0.2, 0) is 14.4 Å². The first-order valence-electron chi connectivity index (χ1n) is 14.7. The number of nitrogens with zero attached hydrogens (tertiary/aromatic N) is 5. The van der Waals surface area contributed by atoms with Crippen LogP contribution in [0.15, 0.2) is 67.0 Å². The quantitative estimate of drug-likeness (QED) is 0.130. The predicted molar refractivity (Wildman–Crippen MR) is 184 cm³/mol. The highest BCUT2D eigenvalue weighted by Crippen LogP contribution is 2.31. The first-order valence-corrected chi connectivity index (χ1v) is 14.7. The van der Waals surface area contributed by atoms with E-state index in [1.54, 1.807) is 36.6 Å². The lowest BCUT2D eigenvalue weighted by molar-refractivity contribution is -0.118. The number of hydrogen-bond donors (Lipinski definition) is 3. The van der Waals surface area contributed by atoms with Gasteiger partial charge in [-0.1, -0.05) is 24.3 Å². The van der Waals surface area contributed by atoms with Crippen molar-refractivity contribution >= 4 is 18.5 Å². The van der Waals surface area contributed by atoms with Crippen LogP contribution < -0.4 is 20.7 Å². The lowest BCUT2D eigenvalue weighted by Gasteiger charge is -2.12. The third-order valence-electron chi connectivity index (χ3n) is 6.19. The average Bonchev–Trinajstić information content (AvgIpc) is 3.72. The number of para-hydroxylation sites is 1. The third-order valence-corrected chi connectivity index (χ3v) is 6.19. The monoisotopic (exact) mass is 664 g/mol. The molecule has 0 radical (unpaired) electrons. The van der Waals surface area contributed by atoms with Gasteiger partial charge in [0.2, 0.25) is 18.2 Å². The Balaban J connectivity index is 0.000000397. The molecule has 1 aromatic carbocycles. The first-order chi connectivity index (χ1) is 23.4. The molecule has 1 aliphatic rings. The van der Waals surface area contributed by atoms with Gasteiger partial charge >= 0.3 is 0 Å². The summed E-state index contributed by atoms with van der Waals surface area (Å²) in [5.74, 6) is 0.768. The molecule has 0 spiro atoms. The fourth-order valence-electron chi connectivity index (χ4n) is 4.11. The molecule has 0 unspecified atom stereocenters. The van der Waals surface area contributed by atoms with E-state index in [-0.39, 0.29) is 6.04 Å². The van der Waals surface area contributed by atoms with Gasteiger partial charge in [0.15, 0.2) is 6.29 Å². The number of aldehydes is 1. The normalized spacial score (nSPS) is 13.0. The number of carbonyl (C=O) groups is 2. The van der Waals surface area contributed by atoms with Crippen molar-refractivity contribution in [2.45, 2.75) is 13.0 Å². The summed E-state index contributed by atoms with van der Waals surface area (Å²) in [6, 6.07) is 16.3. The summed E-state index contributed by atoms with van der Waals surface area (Å²) in [5, 5.41) is 15.1. The van der Waals surface area contributed by atoms with Gasteiger partial charge in [0.05, 0.1) is 43.3 Å². The van der Waals surface area contributed by atoms with Crippen molar-refractivity contribution in [1.29, 1.82) is 0 Å². The number of amides is 1. The van der Waals surface area contributed by atoms with E-state index < -0.39 is 5.95 Å². The molecule has 0 aliphatic carbocycles. The molecule has 258 valence electrons. The highest BCUT2D eigenvalue weighted by Gasteiger charge is 2.22. The number of pyridine rings is 2. The number of rotatable bonds is 10. The Kier molecular flexibility index (Phi) is 20.4. The summed E-state index contributed by atoms with van der Waals surface area (Å²) in [6.07, 6.45) is 12.5. The predicted octanol–water partition coefficient (Wildman–Crippen LogP) is 3.41. The molecule has 0 bridgehead atoms. The van der Waals surface area contributed by atoms with Gasteiger partial charge < -0.3 is 25.4 Å². The first kappa shape index (κ1) is 40.8. The van der Waals surface area contributed by atoms with Crippen LogP contribution in [-0.4, -0.2) is 105 Å². The maximum Gasteiger partial charge on any atom is 0.223 e. The van der Waals surface area contributed by atoms with Crippen LogP contribution >= 0.6 is 0 Å². The van der Waals surface area contributed by atoms with E-state index in [1.807, 2.05) is 63.1 Å². The van der Waals surface area contributed by atoms with Crippen LogP contribution in [0.2, 0.25) is 0 Å². The molecule has 4 heterocycles. The van der Waals surface area contributed by atoms with Crippen molar-refractivity contribution in [3.8, 4) is 35.7 Å². The Morgan fingerprint density at radius 3 is 2.27 bits per heavy atom. The van der Waals surface area contributed by atoms with E-state index in [4.69, 9.17) is 19.4 Å². The fourth-order valence-corrected chi connectivity index (χ4v) is 4.11. The van der Waals surface area contributed by atoms with Crippen LogP contribution in [0.5, 0.6) is 5.88 Å².